The molecule has 2 aromatic rings. The zero-order chi connectivity index (χ0) is 31.2. The predicted molar refractivity (Wildman–Crippen MR) is 146 cm³/mol. The van der Waals surface area contributed by atoms with Gasteiger partial charge in [-0.3, -0.25) is 4.79 Å². The van der Waals surface area contributed by atoms with E-state index < -0.39 is 29.4 Å². The van der Waals surface area contributed by atoms with Crippen LogP contribution in [0.25, 0.3) is 10.9 Å². The van der Waals surface area contributed by atoms with Gasteiger partial charge in [-0.25, -0.2) is 9.18 Å². The summed E-state index contributed by atoms with van der Waals surface area (Å²) in [6.07, 6.45) is 12.4. The molecule has 1 saturated carbocycles. The number of carboxylic acid groups (broad SMARTS) is 1. The number of nitrogens with zero attached hydrogens (tertiary/aromatic N) is 2. The minimum absolute atomic E-state index is 0.00335. The van der Waals surface area contributed by atoms with Crippen molar-refractivity contribution in [2.24, 2.45) is 5.92 Å². The molecular formula is C29H30ClF4N3O5. The minimum Gasteiger partial charge on any atom is -0.542 e. The predicted octanol–water partition coefficient (Wildman–Crippen LogP) is 2.85. The molecule has 42 heavy (non-hydrogen) atoms. The average molecular weight is 612 g/mol. The lowest BCUT2D eigenvalue weighted by atomic mass is 10.0. The van der Waals surface area contributed by atoms with Gasteiger partial charge in [0.05, 0.1) is 34.8 Å². The van der Waals surface area contributed by atoms with E-state index in [1.807, 2.05) is 9.47 Å². The van der Waals surface area contributed by atoms with Crippen molar-refractivity contribution in [1.82, 2.24) is 4.57 Å². The van der Waals surface area contributed by atoms with Crippen LogP contribution in [-0.4, -0.2) is 48.4 Å². The van der Waals surface area contributed by atoms with Crippen LogP contribution in [0.4, 0.5) is 23.2 Å². The molecule has 226 valence electrons. The van der Waals surface area contributed by atoms with E-state index in [0.29, 0.717) is 37.1 Å². The van der Waals surface area contributed by atoms with E-state index in [2.05, 4.69) is 17.6 Å². The topological polar surface area (TPSA) is 119 Å². The van der Waals surface area contributed by atoms with Gasteiger partial charge < -0.3 is 29.8 Å². The van der Waals surface area contributed by atoms with E-state index in [1.165, 1.54) is 12.3 Å². The monoisotopic (exact) mass is 611 g/mol. The van der Waals surface area contributed by atoms with Gasteiger partial charge in [0, 0.05) is 44.0 Å². The van der Waals surface area contributed by atoms with E-state index in [1.54, 1.807) is 0 Å². The molecule has 0 bridgehead atoms. The Morgan fingerprint density at radius 1 is 1.19 bits per heavy atom. The first-order valence-electron chi connectivity index (χ1n) is 13.3. The molecule has 13 heteroatoms. The molecule has 3 N–H and O–H groups in total. The zero-order valence-corrected chi connectivity index (χ0v) is 23.4. The molecule has 2 heterocycles. The number of aliphatic carboxylic acids is 1. The van der Waals surface area contributed by atoms with Gasteiger partial charge in [0.2, 0.25) is 5.43 Å². The molecule has 1 atom stereocenters. The van der Waals surface area contributed by atoms with Gasteiger partial charge in [-0.2, -0.15) is 13.2 Å². The third-order valence-electron chi connectivity index (χ3n) is 6.92. The maximum absolute atomic E-state index is 15.5. The van der Waals surface area contributed by atoms with Gasteiger partial charge in [0.25, 0.3) is 0 Å². The number of esters is 1. The number of pyridine rings is 1. The number of rotatable bonds is 7. The normalized spacial score (nSPS) is 17.1. The molecule has 1 saturated heterocycles. The Labute approximate surface area is 244 Å². The molecule has 2 fully saturated rings. The third-order valence-corrected chi connectivity index (χ3v) is 7.28. The van der Waals surface area contributed by atoms with E-state index >= 15 is 4.39 Å². The van der Waals surface area contributed by atoms with Crippen molar-refractivity contribution in [3.05, 3.63) is 38.9 Å². The SMILES string of the molecule is C#CCC(CC#C)COC(=O)c1cn(C2CC2)c2c(Cl)c(N3CCCC[C@@H]([NH3+])C3)c(F)cc2c1=O.O=C([O-])C(F)(F)F. The fourth-order valence-electron chi connectivity index (χ4n) is 4.74. The van der Waals surface area contributed by atoms with Crippen LogP contribution >= 0.6 is 11.6 Å². The van der Waals surface area contributed by atoms with Crippen LogP contribution < -0.4 is 21.2 Å². The number of carboxylic acids is 1. The highest BCUT2D eigenvalue weighted by atomic mass is 35.5. The van der Waals surface area contributed by atoms with E-state index in [4.69, 9.17) is 39.1 Å². The maximum Gasteiger partial charge on any atom is 0.430 e. The van der Waals surface area contributed by atoms with Gasteiger partial charge in [0.1, 0.15) is 23.4 Å². The van der Waals surface area contributed by atoms with Crippen molar-refractivity contribution in [3.63, 3.8) is 0 Å². The first-order valence-corrected chi connectivity index (χ1v) is 13.6. The number of hydrogen-bond donors (Lipinski definition) is 1. The number of carbonyl (C=O) groups excluding carboxylic acids is 2. The number of aromatic nitrogens is 1. The molecule has 0 amide bonds. The molecule has 0 unspecified atom stereocenters. The number of halogens is 5. The highest BCUT2D eigenvalue weighted by molar-refractivity contribution is 6.38. The number of terminal acetylenes is 2. The van der Waals surface area contributed by atoms with Crippen molar-refractivity contribution in [2.45, 2.75) is 63.2 Å². The molecule has 1 aromatic carbocycles. The molecule has 1 aromatic heterocycles. The van der Waals surface area contributed by atoms with E-state index in [9.17, 15) is 22.8 Å². The van der Waals surface area contributed by atoms with Crippen LogP contribution in [0.5, 0.6) is 0 Å². The summed E-state index contributed by atoms with van der Waals surface area (Å²) in [5.74, 6) is 0.477. The Bertz CT molecular complexity index is 1460. The van der Waals surface area contributed by atoms with Crippen molar-refractivity contribution in [3.8, 4) is 24.7 Å². The smallest absolute Gasteiger partial charge is 0.430 e. The fraction of sp³-hybridized carbons (Fsp3) is 0.483. The Kier molecular flexibility index (Phi) is 10.9. The summed E-state index contributed by atoms with van der Waals surface area (Å²) in [7, 11) is 0. The first-order chi connectivity index (χ1) is 19.8. The van der Waals surface area contributed by atoms with Gasteiger partial charge in [0.15, 0.2) is 0 Å². The summed E-state index contributed by atoms with van der Waals surface area (Å²) < 4.78 is 54.2. The quantitative estimate of drug-likeness (QED) is 0.292. The summed E-state index contributed by atoms with van der Waals surface area (Å²) >= 11 is 6.82. The summed E-state index contributed by atoms with van der Waals surface area (Å²) in [6.45, 7) is 1.27. The van der Waals surface area contributed by atoms with Crippen LogP contribution in [0.2, 0.25) is 5.02 Å². The van der Waals surface area contributed by atoms with Crippen molar-refractivity contribution < 1.29 is 42.7 Å². The largest absolute Gasteiger partial charge is 0.542 e. The summed E-state index contributed by atoms with van der Waals surface area (Å²) in [5.41, 5.74) is 4.16. The van der Waals surface area contributed by atoms with Crippen LogP contribution in [0, 0.1) is 36.4 Å². The van der Waals surface area contributed by atoms with Gasteiger partial charge in [-0.1, -0.05) is 11.6 Å². The first kappa shape index (κ1) is 32.8. The van der Waals surface area contributed by atoms with Crippen LogP contribution in [0.3, 0.4) is 0 Å². The Morgan fingerprint density at radius 2 is 1.81 bits per heavy atom. The molecule has 0 radical (unpaired) electrons. The highest BCUT2D eigenvalue weighted by Crippen LogP contribution is 2.42. The molecule has 0 spiro atoms. The second-order valence-corrected chi connectivity index (χ2v) is 10.7. The number of carbonyl (C=O) groups is 2. The number of hydrogen-bond acceptors (Lipinski definition) is 6. The number of fused-ring (bicyclic) bond motifs is 1. The Balaban J connectivity index is 0.000000616. The minimum atomic E-state index is -5.19. The summed E-state index contributed by atoms with van der Waals surface area (Å²) in [6, 6.07) is 1.46. The van der Waals surface area contributed by atoms with E-state index in [0.717, 1.165) is 32.1 Å². The number of benzene rings is 1. The third kappa shape index (κ3) is 7.96. The maximum atomic E-state index is 15.5. The Morgan fingerprint density at radius 3 is 2.36 bits per heavy atom. The van der Waals surface area contributed by atoms with Gasteiger partial charge >= 0.3 is 12.1 Å². The number of alkyl halides is 3. The fourth-order valence-corrected chi connectivity index (χ4v) is 5.14. The number of anilines is 1. The van der Waals surface area contributed by atoms with Crippen molar-refractivity contribution in [2.75, 3.05) is 24.6 Å². The van der Waals surface area contributed by atoms with Crippen LogP contribution in [0.15, 0.2) is 17.1 Å². The lowest BCUT2D eigenvalue weighted by molar-refractivity contribution is -0.416. The molecule has 8 nitrogen and oxygen atoms in total. The number of quaternary nitrogens is 1. The highest BCUT2D eigenvalue weighted by Gasteiger charge is 2.32. The van der Waals surface area contributed by atoms with Crippen LogP contribution in [-0.2, 0) is 9.53 Å². The van der Waals surface area contributed by atoms with Gasteiger partial charge in [-0.05, 0) is 31.7 Å². The standard InChI is InChI=1S/C27H29ClFN3O3.C2HF3O2/c1-3-7-17(8-4-2)16-35-27(34)21-15-32(19-10-11-19)24-20(26(21)33)13-22(29)25(23(24)28)31-12-6-5-9-18(30)14-31;3-2(4,5)1(6)7/h1-2,13,15,17-19H,5-12,14,16,30H2;(H,6,7)/t18-;/m1./s1. The average Bonchev–Trinajstić information content (AvgIpc) is 3.76. The second-order valence-electron chi connectivity index (χ2n) is 10.3. The molecular weight excluding hydrogens is 582 g/mol. The molecule has 1 aliphatic carbocycles. The molecule has 2 aliphatic rings. The summed E-state index contributed by atoms with van der Waals surface area (Å²) in [5, 5.41) is 9.05. The second kappa shape index (κ2) is 14.0. The van der Waals surface area contributed by atoms with Crippen LogP contribution in [0.1, 0.15) is 61.3 Å². The Hall–Kier alpha value is -3.74. The zero-order valence-electron chi connectivity index (χ0n) is 22.6. The van der Waals surface area contributed by atoms with Gasteiger partial charge in [-0.15, -0.1) is 24.7 Å². The summed E-state index contributed by atoms with van der Waals surface area (Å²) in [4.78, 5) is 36.9. The van der Waals surface area contributed by atoms with Crippen molar-refractivity contribution in [1.29, 1.82) is 0 Å². The molecule has 1 aliphatic heterocycles. The lowest BCUT2D eigenvalue weighted by Crippen LogP contribution is -2.64. The molecule has 4 rings (SSSR count). The lowest BCUT2D eigenvalue weighted by Gasteiger charge is -2.26. The van der Waals surface area contributed by atoms with E-state index in [-0.39, 0.29) is 40.6 Å². The number of ether oxygens (including phenoxy) is 1. The van der Waals surface area contributed by atoms with Crippen molar-refractivity contribution >= 4 is 40.1 Å².